The number of aromatic amines is 1. The molecule has 5 nitrogen and oxygen atoms in total. The Morgan fingerprint density at radius 2 is 1.89 bits per heavy atom. The van der Waals surface area contributed by atoms with E-state index in [1.165, 1.54) is 0 Å². The maximum Gasteiger partial charge on any atom is 0.360 e. The van der Waals surface area contributed by atoms with Crippen molar-refractivity contribution < 1.29 is 9.90 Å². The largest absolute Gasteiger partial charge is 0.476 e. The van der Waals surface area contributed by atoms with Crippen molar-refractivity contribution in [2.24, 2.45) is 0 Å². The summed E-state index contributed by atoms with van der Waals surface area (Å²) in [6.07, 6.45) is 0. The van der Waals surface area contributed by atoms with Gasteiger partial charge in [-0.05, 0) is 31.0 Å². The molecule has 96 valence electrons. The predicted octanol–water partition coefficient (Wildman–Crippen LogP) is 2.26. The van der Waals surface area contributed by atoms with Gasteiger partial charge in [0, 0.05) is 0 Å². The van der Waals surface area contributed by atoms with Gasteiger partial charge in [-0.25, -0.2) is 4.79 Å². The lowest BCUT2D eigenvalue weighted by atomic mass is 10.1. The monoisotopic (exact) mass is 248 g/mol. The molecule has 0 aliphatic rings. The maximum atomic E-state index is 11.8. The van der Waals surface area contributed by atoms with Crippen molar-refractivity contribution in [3.05, 3.63) is 39.2 Å². The minimum Gasteiger partial charge on any atom is -0.476 e. The van der Waals surface area contributed by atoms with Gasteiger partial charge >= 0.3 is 5.97 Å². The molecule has 0 aliphatic carbocycles. The molecule has 0 atom stereocenters. The van der Waals surface area contributed by atoms with Crippen LogP contribution >= 0.6 is 0 Å². The molecule has 0 amide bonds. The van der Waals surface area contributed by atoms with Crippen LogP contribution in [-0.4, -0.2) is 21.3 Å². The van der Waals surface area contributed by atoms with Crippen LogP contribution in [0.15, 0.2) is 16.9 Å². The molecule has 0 aliphatic heterocycles. The molecule has 0 radical (unpaired) electrons. The van der Waals surface area contributed by atoms with Crippen LogP contribution in [0.2, 0.25) is 0 Å². The van der Waals surface area contributed by atoms with E-state index in [2.05, 4.69) is 10.2 Å². The summed E-state index contributed by atoms with van der Waals surface area (Å²) in [4.78, 5) is 22.6. The number of hydrogen-bond donors (Lipinski definition) is 2. The summed E-state index contributed by atoms with van der Waals surface area (Å²) in [5.41, 5.74) is 1.35. The number of carboxylic acid groups (broad SMARTS) is 1. The minimum atomic E-state index is -1.32. The van der Waals surface area contributed by atoms with Crippen LogP contribution in [0.3, 0.4) is 0 Å². The zero-order valence-corrected chi connectivity index (χ0v) is 10.9. The molecule has 0 fully saturated rings. The number of H-pyrrole nitrogens is 1. The molecule has 18 heavy (non-hydrogen) atoms. The third-order valence-corrected chi connectivity index (χ3v) is 2.42. The molecule has 2 aromatic rings. The van der Waals surface area contributed by atoms with Gasteiger partial charge in [-0.2, -0.15) is 5.10 Å². The summed E-state index contributed by atoms with van der Waals surface area (Å²) in [7, 11) is 0. The van der Waals surface area contributed by atoms with Crippen molar-refractivity contribution in [3.63, 3.8) is 0 Å². The lowest BCUT2D eigenvalue weighted by Crippen LogP contribution is -2.18. The van der Waals surface area contributed by atoms with E-state index in [4.69, 9.17) is 5.11 Å². The van der Waals surface area contributed by atoms with E-state index in [9.17, 15) is 9.59 Å². The van der Waals surface area contributed by atoms with Crippen LogP contribution in [0.4, 0.5) is 0 Å². The molecule has 2 N–H and O–H groups in total. The minimum absolute atomic E-state index is 0.366. The molecule has 2 rings (SSSR count). The van der Waals surface area contributed by atoms with E-state index in [1.807, 2.05) is 33.8 Å². The molecule has 1 heterocycles. The van der Waals surface area contributed by atoms with Gasteiger partial charge in [0.15, 0.2) is 0 Å². The van der Waals surface area contributed by atoms with Gasteiger partial charge in [0.1, 0.15) is 0 Å². The summed E-state index contributed by atoms with van der Waals surface area (Å²) in [6.45, 7) is 7.69. The summed E-state index contributed by atoms with van der Waals surface area (Å²) in [5.74, 6) is -1.32. The highest BCUT2D eigenvalue weighted by molar-refractivity contribution is 5.91. The Labute approximate surface area is 104 Å². The summed E-state index contributed by atoms with van der Waals surface area (Å²) >= 11 is 0. The standard InChI is InChI=1S/C11H10N2O3.C2H6/c1-5-3-6(2)8-7(4-5)10(14)9(11(15)16)13-12-8;1-2/h3-4H,1-2H3,(H,12,14)(H,15,16);1-2H3. The number of rotatable bonds is 1. The summed E-state index contributed by atoms with van der Waals surface area (Å²) < 4.78 is 0. The molecule has 0 saturated carbocycles. The lowest BCUT2D eigenvalue weighted by molar-refractivity contribution is 0.0688. The molecular formula is C13H16N2O3. The first kappa shape index (κ1) is 13.9. The van der Waals surface area contributed by atoms with Crippen molar-refractivity contribution in [3.8, 4) is 0 Å². The Bertz CT molecular complexity index is 644. The van der Waals surface area contributed by atoms with Crippen molar-refractivity contribution in [2.45, 2.75) is 27.7 Å². The van der Waals surface area contributed by atoms with Gasteiger partial charge in [-0.15, -0.1) is 0 Å². The van der Waals surface area contributed by atoms with Gasteiger partial charge in [-0.1, -0.05) is 19.9 Å². The van der Waals surface area contributed by atoms with Crippen LogP contribution in [0.5, 0.6) is 0 Å². The number of nitrogens with one attached hydrogen (secondary N) is 1. The molecule has 0 unspecified atom stereocenters. The molecular weight excluding hydrogens is 232 g/mol. The number of nitrogens with zero attached hydrogens (tertiary/aromatic N) is 1. The molecule has 0 bridgehead atoms. The number of carboxylic acids is 1. The van der Waals surface area contributed by atoms with Crippen molar-refractivity contribution in [2.75, 3.05) is 0 Å². The second-order valence-electron chi connectivity index (χ2n) is 3.71. The average molecular weight is 248 g/mol. The fourth-order valence-corrected chi connectivity index (χ4v) is 1.73. The van der Waals surface area contributed by atoms with Crippen molar-refractivity contribution >= 4 is 16.9 Å². The Hall–Kier alpha value is -2.17. The van der Waals surface area contributed by atoms with Crippen LogP contribution in [-0.2, 0) is 0 Å². The number of carbonyl (C=O) groups is 1. The Morgan fingerprint density at radius 3 is 2.44 bits per heavy atom. The van der Waals surface area contributed by atoms with Crippen LogP contribution in [0.1, 0.15) is 35.5 Å². The molecule has 0 spiro atoms. The van der Waals surface area contributed by atoms with Gasteiger partial charge in [0.2, 0.25) is 11.1 Å². The highest BCUT2D eigenvalue weighted by atomic mass is 16.4. The zero-order chi connectivity index (χ0) is 13.9. The van der Waals surface area contributed by atoms with E-state index in [-0.39, 0.29) is 0 Å². The molecule has 1 aromatic heterocycles. The second-order valence-corrected chi connectivity index (χ2v) is 3.71. The number of benzene rings is 1. The molecule has 5 heteroatoms. The number of hydrogen-bond acceptors (Lipinski definition) is 3. The Balaban J connectivity index is 0.000000771. The Kier molecular flexibility index (Phi) is 4.20. The first-order chi connectivity index (χ1) is 8.50. The first-order valence-corrected chi connectivity index (χ1v) is 5.73. The normalized spacial score (nSPS) is 9.78. The third-order valence-electron chi connectivity index (χ3n) is 2.42. The van der Waals surface area contributed by atoms with E-state index in [0.717, 1.165) is 11.1 Å². The van der Waals surface area contributed by atoms with E-state index < -0.39 is 17.1 Å². The van der Waals surface area contributed by atoms with Gasteiger partial charge in [-0.3, -0.25) is 9.89 Å². The highest BCUT2D eigenvalue weighted by Crippen LogP contribution is 2.14. The molecule has 1 aromatic carbocycles. The highest BCUT2D eigenvalue weighted by Gasteiger charge is 2.14. The van der Waals surface area contributed by atoms with Gasteiger partial charge < -0.3 is 5.11 Å². The topological polar surface area (TPSA) is 83.1 Å². The number of fused-ring (bicyclic) bond motifs is 1. The second kappa shape index (κ2) is 5.44. The maximum absolute atomic E-state index is 11.8. The quantitative estimate of drug-likeness (QED) is 0.810. The Morgan fingerprint density at radius 1 is 1.28 bits per heavy atom. The SMILES string of the molecule is CC.Cc1cc(C)c2[nH]nc(C(=O)O)c(=O)c2c1. The third kappa shape index (κ3) is 2.40. The van der Waals surface area contributed by atoms with Gasteiger partial charge in [0.05, 0.1) is 10.9 Å². The fourth-order valence-electron chi connectivity index (χ4n) is 1.73. The van der Waals surface area contributed by atoms with Crippen molar-refractivity contribution in [1.29, 1.82) is 0 Å². The van der Waals surface area contributed by atoms with E-state index in [0.29, 0.717) is 10.9 Å². The van der Waals surface area contributed by atoms with Crippen LogP contribution < -0.4 is 5.43 Å². The lowest BCUT2D eigenvalue weighted by Gasteiger charge is -2.03. The summed E-state index contributed by atoms with van der Waals surface area (Å²) in [6, 6.07) is 3.57. The number of aromatic carboxylic acids is 1. The van der Waals surface area contributed by atoms with Gasteiger partial charge in [0.25, 0.3) is 0 Å². The fraction of sp³-hybridized carbons (Fsp3) is 0.308. The van der Waals surface area contributed by atoms with Crippen molar-refractivity contribution in [1.82, 2.24) is 10.2 Å². The molecule has 0 saturated heterocycles. The number of aromatic nitrogens is 2. The van der Waals surface area contributed by atoms with E-state index in [1.54, 1.807) is 6.07 Å². The van der Waals surface area contributed by atoms with Crippen LogP contribution in [0, 0.1) is 13.8 Å². The smallest absolute Gasteiger partial charge is 0.360 e. The van der Waals surface area contributed by atoms with E-state index >= 15 is 0 Å². The number of aryl methyl sites for hydroxylation is 2. The first-order valence-electron chi connectivity index (χ1n) is 5.73. The zero-order valence-electron chi connectivity index (χ0n) is 10.9. The summed E-state index contributed by atoms with van der Waals surface area (Å²) in [5, 5.41) is 15.3. The average Bonchev–Trinajstić information content (AvgIpc) is 2.32. The predicted molar refractivity (Wildman–Crippen MR) is 70.1 cm³/mol. The van der Waals surface area contributed by atoms with Crippen LogP contribution in [0.25, 0.3) is 10.9 Å².